The number of ether oxygens (including phenoxy) is 2. The average Bonchev–Trinajstić information content (AvgIpc) is 3.20. The predicted octanol–water partition coefficient (Wildman–Crippen LogP) is 2.52. The maximum atomic E-state index is 12.9. The van der Waals surface area contributed by atoms with Gasteiger partial charge in [-0.3, -0.25) is 4.79 Å². The second kappa shape index (κ2) is 9.20. The zero-order valence-corrected chi connectivity index (χ0v) is 18.1. The maximum Gasteiger partial charge on any atom is 0.263 e. The summed E-state index contributed by atoms with van der Waals surface area (Å²) in [6.45, 7) is 3.84. The Morgan fingerprint density at radius 2 is 2.16 bits per heavy atom. The number of fused-ring (bicyclic) bond motifs is 1. The number of piperidine rings is 1. The van der Waals surface area contributed by atoms with Crippen LogP contribution in [0.4, 0.5) is 5.82 Å². The highest BCUT2D eigenvalue weighted by Gasteiger charge is 2.28. The van der Waals surface area contributed by atoms with Crippen molar-refractivity contribution < 1.29 is 18.8 Å². The van der Waals surface area contributed by atoms with Gasteiger partial charge in [0, 0.05) is 19.6 Å². The first-order valence-electron chi connectivity index (χ1n) is 10.4. The molecule has 1 aliphatic rings. The number of carbonyl (C=O) groups is 1. The van der Waals surface area contributed by atoms with Gasteiger partial charge in [-0.1, -0.05) is 5.16 Å². The summed E-state index contributed by atoms with van der Waals surface area (Å²) >= 11 is 0. The number of rotatable bonds is 7. The molecule has 0 aliphatic carbocycles. The number of methoxy groups -OCH3 is 2. The molecule has 1 fully saturated rings. The van der Waals surface area contributed by atoms with Gasteiger partial charge in [0.1, 0.15) is 29.0 Å². The molecule has 0 saturated carbocycles. The largest absolute Gasteiger partial charge is 0.497 e. The molecule has 0 spiro atoms. The summed E-state index contributed by atoms with van der Waals surface area (Å²) in [5, 5.41) is 7.89. The Morgan fingerprint density at radius 3 is 2.97 bits per heavy atom. The van der Waals surface area contributed by atoms with Crippen molar-refractivity contribution in [1.29, 1.82) is 0 Å². The molecule has 4 rings (SSSR count). The van der Waals surface area contributed by atoms with Gasteiger partial charge in [0.25, 0.3) is 5.71 Å². The number of aromatic nitrogens is 3. The highest BCUT2D eigenvalue weighted by atomic mass is 16.5. The van der Waals surface area contributed by atoms with Crippen molar-refractivity contribution in [3.05, 3.63) is 35.8 Å². The molecule has 1 amide bonds. The van der Waals surface area contributed by atoms with Crippen LogP contribution in [-0.2, 0) is 11.2 Å². The van der Waals surface area contributed by atoms with E-state index in [1.54, 1.807) is 14.2 Å². The van der Waals surface area contributed by atoms with Crippen LogP contribution >= 0.6 is 0 Å². The van der Waals surface area contributed by atoms with Crippen molar-refractivity contribution in [1.82, 2.24) is 20.4 Å². The minimum Gasteiger partial charge on any atom is -0.497 e. The molecule has 164 valence electrons. The van der Waals surface area contributed by atoms with E-state index in [-0.39, 0.29) is 11.8 Å². The second-order valence-corrected chi connectivity index (χ2v) is 7.65. The van der Waals surface area contributed by atoms with E-state index in [2.05, 4.69) is 25.3 Å². The Hall–Kier alpha value is -3.36. The van der Waals surface area contributed by atoms with Crippen LogP contribution in [0.5, 0.6) is 11.5 Å². The monoisotopic (exact) mass is 425 g/mol. The van der Waals surface area contributed by atoms with Crippen molar-refractivity contribution in [2.24, 2.45) is 5.92 Å². The zero-order chi connectivity index (χ0) is 21.8. The number of nitrogens with zero attached hydrogens (tertiary/aromatic N) is 4. The summed E-state index contributed by atoms with van der Waals surface area (Å²) < 4.78 is 16.0. The van der Waals surface area contributed by atoms with Gasteiger partial charge in [-0.25, -0.2) is 4.98 Å². The molecule has 9 heteroatoms. The van der Waals surface area contributed by atoms with Crippen LogP contribution in [-0.4, -0.2) is 54.9 Å². The van der Waals surface area contributed by atoms with Crippen LogP contribution < -0.4 is 19.7 Å². The molecule has 3 heterocycles. The van der Waals surface area contributed by atoms with Gasteiger partial charge < -0.3 is 24.2 Å². The molecule has 0 bridgehead atoms. The van der Waals surface area contributed by atoms with Crippen molar-refractivity contribution in [2.75, 3.05) is 38.8 Å². The molecule has 1 atom stereocenters. The summed E-state index contributed by atoms with van der Waals surface area (Å²) in [6, 6.07) is 5.68. The molecular formula is C22H27N5O4. The Bertz CT molecular complexity index is 1070. The Morgan fingerprint density at radius 1 is 1.29 bits per heavy atom. The van der Waals surface area contributed by atoms with Gasteiger partial charge in [-0.05, 0) is 49.9 Å². The van der Waals surface area contributed by atoms with E-state index in [1.807, 2.05) is 25.1 Å². The fourth-order valence-electron chi connectivity index (χ4n) is 4.07. The lowest BCUT2D eigenvalue weighted by Gasteiger charge is -2.33. The fraction of sp³-hybridized carbons (Fsp3) is 0.455. The van der Waals surface area contributed by atoms with Crippen LogP contribution in [0.25, 0.3) is 11.1 Å². The molecule has 2 aromatic heterocycles. The van der Waals surface area contributed by atoms with E-state index in [9.17, 15) is 4.79 Å². The van der Waals surface area contributed by atoms with Gasteiger partial charge in [0.15, 0.2) is 0 Å². The summed E-state index contributed by atoms with van der Waals surface area (Å²) in [5.41, 5.74) is 2.23. The number of carbonyl (C=O) groups excluding carboxylic acids is 1. The number of amides is 1. The highest BCUT2D eigenvalue weighted by molar-refractivity contribution is 5.88. The van der Waals surface area contributed by atoms with E-state index < -0.39 is 0 Å². The molecule has 0 unspecified atom stereocenters. The molecule has 1 N–H and O–H groups in total. The zero-order valence-electron chi connectivity index (χ0n) is 18.1. The Kier molecular flexibility index (Phi) is 6.20. The number of hydrogen-bond donors (Lipinski definition) is 1. The molecule has 1 aromatic carbocycles. The standard InChI is InChI=1S/C22H27N5O4/c1-14-19-20(24-13-25-22(19)31-26-14)27-10-4-5-16(12-27)21(28)23-9-8-15-11-17(29-2)6-7-18(15)30-3/h6-7,11,13,16H,4-5,8-10,12H2,1-3H3,(H,23,28)/t16-/m1/s1. The molecule has 31 heavy (non-hydrogen) atoms. The van der Waals surface area contributed by atoms with Gasteiger partial charge in [0.2, 0.25) is 5.91 Å². The third kappa shape index (κ3) is 4.40. The smallest absolute Gasteiger partial charge is 0.263 e. The van der Waals surface area contributed by atoms with Crippen LogP contribution in [0.2, 0.25) is 0 Å². The Balaban J connectivity index is 1.39. The highest BCUT2D eigenvalue weighted by Crippen LogP contribution is 2.29. The summed E-state index contributed by atoms with van der Waals surface area (Å²) in [6.07, 6.45) is 3.90. The third-order valence-electron chi connectivity index (χ3n) is 5.70. The van der Waals surface area contributed by atoms with Crippen LogP contribution in [0.3, 0.4) is 0 Å². The van der Waals surface area contributed by atoms with E-state index in [1.165, 1.54) is 6.33 Å². The van der Waals surface area contributed by atoms with Crippen molar-refractivity contribution >= 4 is 22.8 Å². The van der Waals surface area contributed by atoms with Crippen molar-refractivity contribution in [3.8, 4) is 11.5 Å². The van der Waals surface area contributed by atoms with E-state index >= 15 is 0 Å². The van der Waals surface area contributed by atoms with Crippen molar-refractivity contribution in [2.45, 2.75) is 26.2 Å². The van der Waals surface area contributed by atoms with Gasteiger partial charge in [-0.2, -0.15) is 4.98 Å². The lowest BCUT2D eigenvalue weighted by molar-refractivity contribution is -0.125. The predicted molar refractivity (Wildman–Crippen MR) is 116 cm³/mol. The van der Waals surface area contributed by atoms with Crippen LogP contribution in [0.15, 0.2) is 29.0 Å². The maximum absolute atomic E-state index is 12.9. The molecular weight excluding hydrogens is 398 g/mol. The van der Waals surface area contributed by atoms with Gasteiger partial charge in [0.05, 0.1) is 25.8 Å². The quantitative estimate of drug-likeness (QED) is 0.616. The average molecular weight is 425 g/mol. The van der Waals surface area contributed by atoms with Crippen molar-refractivity contribution in [3.63, 3.8) is 0 Å². The van der Waals surface area contributed by atoms with E-state index in [0.717, 1.165) is 53.3 Å². The first-order chi connectivity index (χ1) is 15.1. The number of nitrogens with one attached hydrogen (secondary N) is 1. The lowest BCUT2D eigenvalue weighted by atomic mass is 9.96. The third-order valence-corrected chi connectivity index (χ3v) is 5.70. The summed E-state index contributed by atoms with van der Waals surface area (Å²) in [7, 11) is 3.27. The minimum absolute atomic E-state index is 0.0545. The topological polar surface area (TPSA) is 103 Å². The number of hydrogen-bond acceptors (Lipinski definition) is 8. The molecule has 0 radical (unpaired) electrons. The molecule has 1 aliphatic heterocycles. The summed E-state index contributed by atoms with van der Waals surface area (Å²) in [4.78, 5) is 23.6. The minimum atomic E-state index is -0.105. The van der Waals surface area contributed by atoms with Crippen LogP contribution in [0, 0.1) is 12.8 Å². The number of aryl methyl sites for hydroxylation is 1. The molecule has 3 aromatic rings. The summed E-state index contributed by atoms with van der Waals surface area (Å²) in [5.74, 6) is 2.29. The lowest BCUT2D eigenvalue weighted by Crippen LogP contribution is -2.44. The first kappa shape index (κ1) is 20.9. The van der Waals surface area contributed by atoms with E-state index in [0.29, 0.717) is 25.2 Å². The van der Waals surface area contributed by atoms with Gasteiger partial charge in [-0.15, -0.1) is 0 Å². The Labute approximate surface area is 180 Å². The molecule has 9 nitrogen and oxygen atoms in total. The first-order valence-corrected chi connectivity index (χ1v) is 10.4. The van der Waals surface area contributed by atoms with E-state index in [4.69, 9.17) is 14.0 Å². The second-order valence-electron chi connectivity index (χ2n) is 7.65. The molecule has 1 saturated heterocycles. The SMILES string of the molecule is COc1ccc(OC)c(CCNC(=O)[C@@H]2CCCN(c3ncnc4onc(C)c34)C2)c1. The fourth-order valence-corrected chi connectivity index (χ4v) is 4.07. The number of benzene rings is 1. The van der Waals surface area contributed by atoms with Crippen LogP contribution in [0.1, 0.15) is 24.1 Å². The number of anilines is 1. The normalized spacial score (nSPS) is 16.4. The van der Waals surface area contributed by atoms with Gasteiger partial charge >= 0.3 is 0 Å².